The van der Waals surface area contributed by atoms with Gasteiger partial charge in [-0.05, 0) is 58.2 Å². The number of benzene rings is 1. The van der Waals surface area contributed by atoms with E-state index in [2.05, 4.69) is 37.2 Å². The summed E-state index contributed by atoms with van der Waals surface area (Å²) in [6.45, 7) is 19.1. The number of ether oxygens (including phenoxy) is 21. The van der Waals surface area contributed by atoms with Crippen molar-refractivity contribution in [3.8, 4) is 18.1 Å². The number of carbonyl (C=O) groups is 15. The van der Waals surface area contributed by atoms with Gasteiger partial charge in [0.2, 0.25) is 29.5 Å². The molecule has 17 atom stereocenters. The van der Waals surface area contributed by atoms with Crippen molar-refractivity contribution in [1.82, 2.24) is 36.2 Å². The third kappa shape index (κ3) is 44.7. The second kappa shape index (κ2) is 62.1. The predicted molar refractivity (Wildman–Crippen MR) is 450 cm³/mol. The number of rotatable bonds is 62. The van der Waals surface area contributed by atoms with E-state index in [1.54, 1.807) is 24.3 Å². The Kier molecular flexibility index (Phi) is 54.0. The number of Topliss-reactive ketones (excluding diaryl/α,β-unsaturated/α-hetero) is 1. The lowest BCUT2D eigenvalue weighted by Crippen LogP contribution is -2.66. The minimum Gasteiger partial charge on any atom is -0.463 e. The Bertz CT molecular complexity index is 3630. The average Bonchev–Trinajstić information content (AvgIpc) is 0.789. The zero-order valence-corrected chi connectivity index (χ0v) is 77.6. The van der Waals surface area contributed by atoms with Crippen LogP contribution in [0.5, 0.6) is 5.75 Å². The smallest absolute Gasteiger partial charge is 0.321 e. The molecule has 17 unspecified atom stereocenters. The van der Waals surface area contributed by atoms with Crippen molar-refractivity contribution in [1.29, 1.82) is 0 Å². The van der Waals surface area contributed by atoms with E-state index in [0.29, 0.717) is 17.7 Å². The molecule has 3 heterocycles. The molecule has 5 amide bonds. The van der Waals surface area contributed by atoms with E-state index in [0.717, 1.165) is 62.3 Å². The SMILES string of the molecule is C#CCCOP(Oc1ccc(CC(C(=O)NCCOCCOCCOC2OC(COC(C)=O)C(OC(C)=O)C(OC(C)=O)C2NC(C)=O)N(CC(=O)CCCOCCOCCOC2OC(COC(C)=O)C(OC(C)=O)C(OC(C)=O)C2NC(C)=O)CC(=O)NCCOCCOCCOC2OC(COC(C)=O)C(OC(C)=O)C(OC(C)=O)C2NC(C)=O)cc1)N(C(C)C)C(C)C. The van der Waals surface area contributed by atoms with Crippen LogP contribution in [-0.2, 0) is 182 Å². The second-order valence-corrected chi connectivity index (χ2v) is 31.6. The van der Waals surface area contributed by atoms with Crippen LogP contribution in [0.25, 0.3) is 0 Å². The Hall–Kier alpha value is -9.34. The molecular weight excluding hydrogens is 1750 g/mol. The van der Waals surface area contributed by atoms with Gasteiger partial charge in [-0.25, -0.2) is 4.67 Å². The summed E-state index contributed by atoms with van der Waals surface area (Å²) < 4.78 is 134. The van der Waals surface area contributed by atoms with Crippen LogP contribution in [0.1, 0.15) is 136 Å². The van der Waals surface area contributed by atoms with Crippen LogP contribution in [0, 0.1) is 12.3 Å². The minimum absolute atomic E-state index is 0.00334. The number of hydrogen-bond acceptors (Lipinski definition) is 40. The first-order valence-corrected chi connectivity index (χ1v) is 43.7. The van der Waals surface area contributed by atoms with E-state index in [4.69, 9.17) is 115 Å². The molecule has 0 aliphatic carbocycles. The van der Waals surface area contributed by atoms with Crippen LogP contribution >= 0.6 is 8.53 Å². The highest BCUT2D eigenvalue weighted by molar-refractivity contribution is 7.45. The summed E-state index contributed by atoms with van der Waals surface area (Å²) >= 11 is 0. The highest BCUT2D eigenvalue weighted by Crippen LogP contribution is 2.46. The van der Waals surface area contributed by atoms with E-state index in [-0.39, 0.29) is 156 Å². The monoisotopic (exact) mass is 1880 g/mol. The fourth-order valence-electron chi connectivity index (χ4n) is 13.4. The largest absolute Gasteiger partial charge is 0.463 e. The molecule has 0 radical (unpaired) electrons. The molecule has 1 aromatic carbocycles. The summed E-state index contributed by atoms with van der Waals surface area (Å²) in [5.41, 5.74) is 0.597. The van der Waals surface area contributed by atoms with Gasteiger partial charge in [-0.1, -0.05) is 12.1 Å². The first-order valence-electron chi connectivity index (χ1n) is 42.5. The quantitative estimate of drug-likeness (QED) is 0.0193. The molecule has 0 aromatic heterocycles. The predicted octanol–water partition coefficient (Wildman–Crippen LogP) is 0.363. The van der Waals surface area contributed by atoms with Crippen molar-refractivity contribution in [2.24, 2.45) is 0 Å². The zero-order chi connectivity index (χ0) is 96.4. The van der Waals surface area contributed by atoms with Gasteiger partial charge in [0.05, 0.1) is 118 Å². The van der Waals surface area contributed by atoms with Crippen molar-refractivity contribution in [2.75, 3.05) is 152 Å². The topological polar surface area (TPSA) is 535 Å². The molecule has 4 rings (SSSR count). The standard InChI is InChI=1S/C84H130N7O38P/c1-18-19-29-119-130(91(50(2)3)51(4)5)129-66-24-22-64(23-25-66)44-67(81(106)86-27-31-109-34-37-112-40-43-115-84-74(89-54(8)94)80(125-63(17)103)77(122-60(14)100)70(128-84)49-118-57(11)97)90(45-65(104)21-20-28-107-32-35-110-38-41-113-82-72(87-52(6)92)78(123-61(15)101)75(120-58(12)98)68(126-82)47-116-55(9)95)46-71(105)85-26-30-108-33-36-111-39-42-114-83-73(88-53(7)93)79(124-62(16)102)76(121-59(13)99)69(127-83)48-117-56(10)96/h1,22-25,50-51,67-70,72-80,82-84H,19-21,26-49H2,2-17H3,(H,85,105)(H,86,106)(H,87,92)(H,88,93)(H,89,94). The van der Waals surface area contributed by atoms with E-state index in [1.165, 1.54) is 25.7 Å². The Balaban J connectivity index is 1.52. The normalized spacial score (nSPS) is 22.3. The number of terminal acetylenes is 1. The third-order valence-electron chi connectivity index (χ3n) is 18.4. The van der Waals surface area contributed by atoms with Gasteiger partial charge in [0, 0.05) is 128 Å². The zero-order valence-electron chi connectivity index (χ0n) is 76.7. The lowest BCUT2D eigenvalue weighted by molar-refractivity contribution is -0.279. The van der Waals surface area contributed by atoms with Crippen molar-refractivity contribution < 1.29 is 180 Å². The van der Waals surface area contributed by atoms with E-state index in [1.807, 2.05) is 27.7 Å². The number of nitrogens with one attached hydrogen (secondary N) is 5. The lowest BCUT2D eigenvalue weighted by Gasteiger charge is -2.44. The summed E-state index contributed by atoms with van der Waals surface area (Å²) in [5.74, 6) is -6.99. The van der Waals surface area contributed by atoms with Crippen LogP contribution < -0.4 is 31.1 Å². The maximum absolute atomic E-state index is 14.9. The molecule has 130 heavy (non-hydrogen) atoms. The molecule has 0 bridgehead atoms. The van der Waals surface area contributed by atoms with Gasteiger partial charge in [-0.2, -0.15) is 0 Å². The molecule has 3 fully saturated rings. The van der Waals surface area contributed by atoms with E-state index >= 15 is 0 Å². The van der Waals surface area contributed by atoms with Gasteiger partial charge in [-0.15, -0.1) is 12.3 Å². The van der Waals surface area contributed by atoms with Crippen molar-refractivity contribution in [2.45, 2.75) is 247 Å². The van der Waals surface area contributed by atoms with E-state index in [9.17, 15) is 71.9 Å². The first-order chi connectivity index (χ1) is 61.8. The Morgan fingerprint density at radius 3 is 1.09 bits per heavy atom. The highest BCUT2D eigenvalue weighted by atomic mass is 31.2. The molecule has 3 aliphatic rings. The number of ketones is 1. The molecule has 3 aliphatic heterocycles. The maximum atomic E-state index is 14.9. The molecule has 5 N–H and O–H groups in total. The number of esters is 9. The number of amides is 5. The number of carbonyl (C=O) groups excluding carboxylic acids is 15. The number of hydrogen-bond donors (Lipinski definition) is 5. The van der Waals surface area contributed by atoms with Crippen molar-refractivity contribution >= 4 is 97.6 Å². The van der Waals surface area contributed by atoms with Gasteiger partial charge in [0.1, 0.15) is 67.8 Å². The molecular formula is C84H130N7O38P. The molecule has 0 saturated carbocycles. The maximum Gasteiger partial charge on any atom is 0.321 e. The Morgan fingerprint density at radius 2 is 0.754 bits per heavy atom. The van der Waals surface area contributed by atoms with Gasteiger partial charge < -0.3 is 135 Å². The molecule has 734 valence electrons. The summed E-state index contributed by atoms with van der Waals surface area (Å²) in [4.78, 5) is 191. The average molecular weight is 1880 g/mol. The van der Waals surface area contributed by atoms with Crippen LogP contribution in [0.4, 0.5) is 0 Å². The molecule has 45 nitrogen and oxygen atoms in total. The first kappa shape index (κ1) is 113. The molecule has 1 aromatic rings. The van der Waals surface area contributed by atoms with Gasteiger partial charge in [-0.3, -0.25) is 76.8 Å². The van der Waals surface area contributed by atoms with Crippen LogP contribution in [0.2, 0.25) is 0 Å². The van der Waals surface area contributed by atoms with Crippen molar-refractivity contribution in [3.05, 3.63) is 29.8 Å². The summed E-state index contributed by atoms with van der Waals surface area (Å²) in [6, 6.07) is 2.12. The fourth-order valence-corrected chi connectivity index (χ4v) is 15.0. The fraction of sp³-hybridized carbons (Fsp3) is 0.726. The Morgan fingerprint density at radius 1 is 0.415 bits per heavy atom. The summed E-state index contributed by atoms with van der Waals surface area (Å²) in [5, 5.41) is 13.6. The molecule has 46 heteroatoms. The van der Waals surface area contributed by atoms with Gasteiger partial charge in [0.25, 0.3) is 0 Å². The van der Waals surface area contributed by atoms with Crippen LogP contribution in [-0.4, -0.2) is 360 Å². The van der Waals surface area contributed by atoms with Crippen LogP contribution in [0.3, 0.4) is 0 Å². The second-order valence-electron chi connectivity index (χ2n) is 30.2. The van der Waals surface area contributed by atoms with Crippen molar-refractivity contribution in [3.63, 3.8) is 0 Å². The van der Waals surface area contributed by atoms with E-state index < -0.39 is 223 Å². The minimum atomic E-state index is -1.67. The summed E-state index contributed by atoms with van der Waals surface area (Å²) in [6.07, 6.45) is -9.64. The molecule has 3 saturated heterocycles. The highest BCUT2D eigenvalue weighted by Gasteiger charge is 2.55. The van der Waals surface area contributed by atoms with Gasteiger partial charge in [0.15, 0.2) is 55.5 Å². The summed E-state index contributed by atoms with van der Waals surface area (Å²) in [7, 11) is -1.67. The lowest BCUT2D eigenvalue weighted by atomic mass is 9.96. The number of nitrogens with zero attached hydrogens (tertiary/aromatic N) is 2. The third-order valence-corrected chi connectivity index (χ3v) is 20.5. The van der Waals surface area contributed by atoms with Gasteiger partial charge >= 0.3 is 62.2 Å². The molecule has 0 spiro atoms. The van der Waals surface area contributed by atoms with Crippen LogP contribution in [0.15, 0.2) is 24.3 Å². The Labute approximate surface area is 757 Å².